The molecule has 0 aliphatic rings. The second kappa shape index (κ2) is 8.86. The molecular formula is C23H23NO2. The summed E-state index contributed by atoms with van der Waals surface area (Å²) in [5, 5.41) is 2.92. The van der Waals surface area contributed by atoms with Gasteiger partial charge in [-0.2, -0.15) is 0 Å². The summed E-state index contributed by atoms with van der Waals surface area (Å²) < 4.78 is 5.76. The molecule has 0 radical (unpaired) electrons. The van der Waals surface area contributed by atoms with E-state index in [0.717, 1.165) is 17.5 Å². The van der Waals surface area contributed by atoms with Crippen LogP contribution in [0.25, 0.3) is 11.1 Å². The predicted octanol–water partition coefficient (Wildman–Crippen LogP) is 4.48. The molecule has 26 heavy (non-hydrogen) atoms. The Morgan fingerprint density at radius 2 is 1.42 bits per heavy atom. The number of hydrogen-bond donors (Lipinski definition) is 1. The second-order valence-corrected chi connectivity index (χ2v) is 6.18. The SMILES string of the molecule is C[C@@H](Oc1ccc(-c2ccccc2)cc1)C(=O)NCCc1ccccc1. The number of ether oxygens (including phenoxy) is 1. The van der Waals surface area contributed by atoms with Crippen LogP contribution in [0.2, 0.25) is 0 Å². The summed E-state index contributed by atoms with van der Waals surface area (Å²) in [7, 11) is 0. The minimum Gasteiger partial charge on any atom is -0.481 e. The first kappa shape index (κ1) is 17.7. The molecule has 0 aliphatic carbocycles. The number of rotatable bonds is 7. The normalized spacial score (nSPS) is 11.6. The van der Waals surface area contributed by atoms with Gasteiger partial charge in [0.2, 0.25) is 0 Å². The van der Waals surface area contributed by atoms with Crippen molar-refractivity contribution in [3.8, 4) is 16.9 Å². The Morgan fingerprint density at radius 3 is 2.08 bits per heavy atom. The molecule has 1 N–H and O–H groups in total. The molecule has 3 aromatic carbocycles. The Morgan fingerprint density at radius 1 is 0.846 bits per heavy atom. The summed E-state index contributed by atoms with van der Waals surface area (Å²) in [5.74, 6) is 0.587. The highest BCUT2D eigenvalue weighted by Gasteiger charge is 2.14. The van der Waals surface area contributed by atoms with Crippen LogP contribution in [0.5, 0.6) is 5.75 Å². The van der Waals surface area contributed by atoms with E-state index >= 15 is 0 Å². The molecule has 3 nitrogen and oxygen atoms in total. The van der Waals surface area contributed by atoms with Crippen molar-refractivity contribution in [2.75, 3.05) is 6.54 Å². The van der Waals surface area contributed by atoms with Gasteiger partial charge < -0.3 is 10.1 Å². The lowest BCUT2D eigenvalue weighted by molar-refractivity contribution is -0.127. The summed E-state index contributed by atoms with van der Waals surface area (Å²) in [4.78, 5) is 12.2. The third-order valence-corrected chi connectivity index (χ3v) is 4.20. The maximum Gasteiger partial charge on any atom is 0.260 e. The Bertz CT molecular complexity index is 814. The van der Waals surface area contributed by atoms with Gasteiger partial charge in [-0.25, -0.2) is 0 Å². The van der Waals surface area contributed by atoms with Crippen LogP contribution in [-0.2, 0) is 11.2 Å². The standard InChI is InChI=1S/C23H23NO2/c1-18(23(25)24-17-16-19-8-4-2-5-9-19)26-22-14-12-21(13-15-22)20-10-6-3-7-11-20/h2-15,18H,16-17H2,1H3,(H,24,25)/t18-/m1/s1. The largest absolute Gasteiger partial charge is 0.481 e. The maximum atomic E-state index is 12.2. The Labute approximate surface area is 154 Å². The quantitative estimate of drug-likeness (QED) is 0.686. The Balaban J connectivity index is 1.49. The van der Waals surface area contributed by atoms with Gasteiger partial charge in [0.25, 0.3) is 5.91 Å². The predicted molar refractivity (Wildman–Crippen MR) is 105 cm³/mol. The zero-order valence-corrected chi connectivity index (χ0v) is 14.9. The fourth-order valence-corrected chi connectivity index (χ4v) is 2.73. The topological polar surface area (TPSA) is 38.3 Å². The van der Waals surface area contributed by atoms with Gasteiger partial charge in [0.15, 0.2) is 6.10 Å². The molecule has 0 fully saturated rings. The highest BCUT2D eigenvalue weighted by molar-refractivity contribution is 5.80. The number of carbonyl (C=O) groups is 1. The number of amides is 1. The summed E-state index contributed by atoms with van der Waals surface area (Å²) in [6.07, 6.45) is 0.277. The van der Waals surface area contributed by atoms with Crippen LogP contribution in [0.3, 0.4) is 0 Å². The molecule has 0 heterocycles. The van der Waals surface area contributed by atoms with E-state index in [4.69, 9.17) is 4.74 Å². The van der Waals surface area contributed by atoms with Gasteiger partial charge in [0.05, 0.1) is 0 Å². The van der Waals surface area contributed by atoms with E-state index in [1.165, 1.54) is 5.56 Å². The van der Waals surface area contributed by atoms with Crippen LogP contribution in [-0.4, -0.2) is 18.6 Å². The summed E-state index contributed by atoms with van der Waals surface area (Å²) in [6.45, 7) is 2.37. The molecule has 132 valence electrons. The zero-order chi connectivity index (χ0) is 18.2. The van der Waals surface area contributed by atoms with E-state index < -0.39 is 6.10 Å². The lowest BCUT2D eigenvalue weighted by Crippen LogP contribution is -2.37. The van der Waals surface area contributed by atoms with Crippen LogP contribution in [0, 0.1) is 0 Å². The molecular weight excluding hydrogens is 322 g/mol. The van der Waals surface area contributed by atoms with Gasteiger partial charge >= 0.3 is 0 Å². The van der Waals surface area contributed by atoms with Gasteiger partial charge in [-0.05, 0) is 42.2 Å². The highest BCUT2D eigenvalue weighted by atomic mass is 16.5. The first-order valence-electron chi connectivity index (χ1n) is 8.86. The average Bonchev–Trinajstić information content (AvgIpc) is 2.70. The fraction of sp³-hybridized carbons (Fsp3) is 0.174. The molecule has 3 aromatic rings. The number of nitrogens with one attached hydrogen (secondary N) is 1. The summed E-state index contributed by atoms with van der Waals surface area (Å²) in [5.41, 5.74) is 3.49. The molecule has 3 rings (SSSR count). The third-order valence-electron chi connectivity index (χ3n) is 4.20. The molecule has 0 saturated heterocycles. The van der Waals surface area contributed by atoms with Crippen LogP contribution in [0.1, 0.15) is 12.5 Å². The van der Waals surface area contributed by atoms with Gasteiger partial charge in [-0.1, -0.05) is 72.8 Å². The van der Waals surface area contributed by atoms with Gasteiger partial charge in [0, 0.05) is 6.54 Å². The molecule has 0 spiro atoms. The van der Waals surface area contributed by atoms with Crippen molar-refractivity contribution in [1.82, 2.24) is 5.32 Å². The highest BCUT2D eigenvalue weighted by Crippen LogP contribution is 2.22. The summed E-state index contributed by atoms with van der Waals surface area (Å²) in [6, 6.07) is 28.1. The van der Waals surface area contributed by atoms with Crippen molar-refractivity contribution in [3.63, 3.8) is 0 Å². The summed E-state index contributed by atoms with van der Waals surface area (Å²) >= 11 is 0. The van der Waals surface area contributed by atoms with Crippen LogP contribution in [0.15, 0.2) is 84.9 Å². The lowest BCUT2D eigenvalue weighted by Gasteiger charge is -2.15. The number of hydrogen-bond acceptors (Lipinski definition) is 2. The van der Waals surface area contributed by atoms with Gasteiger partial charge in [-0.15, -0.1) is 0 Å². The van der Waals surface area contributed by atoms with E-state index in [1.807, 2.05) is 60.7 Å². The van der Waals surface area contributed by atoms with E-state index in [-0.39, 0.29) is 5.91 Å². The second-order valence-electron chi connectivity index (χ2n) is 6.18. The molecule has 0 bridgehead atoms. The molecule has 3 heteroatoms. The van der Waals surface area contributed by atoms with Crippen molar-refractivity contribution in [3.05, 3.63) is 90.5 Å². The average molecular weight is 345 g/mol. The first-order valence-corrected chi connectivity index (χ1v) is 8.86. The minimum absolute atomic E-state index is 0.104. The number of carbonyl (C=O) groups excluding carboxylic acids is 1. The molecule has 0 aliphatic heterocycles. The van der Waals surface area contributed by atoms with E-state index in [9.17, 15) is 4.79 Å². The van der Waals surface area contributed by atoms with Gasteiger partial charge in [0.1, 0.15) is 5.75 Å². The van der Waals surface area contributed by atoms with E-state index in [1.54, 1.807) is 6.92 Å². The Kier molecular flexibility index (Phi) is 6.05. The van der Waals surface area contributed by atoms with Crippen molar-refractivity contribution in [2.24, 2.45) is 0 Å². The lowest BCUT2D eigenvalue weighted by atomic mass is 10.1. The molecule has 0 unspecified atom stereocenters. The zero-order valence-electron chi connectivity index (χ0n) is 14.9. The van der Waals surface area contributed by atoms with E-state index in [2.05, 4.69) is 29.6 Å². The minimum atomic E-state index is -0.534. The van der Waals surface area contributed by atoms with E-state index in [0.29, 0.717) is 12.3 Å². The van der Waals surface area contributed by atoms with Crippen molar-refractivity contribution in [2.45, 2.75) is 19.4 Å². The molecule has 1 amide bonds. The van der Waals surface area contributed by atoms with Crippen LogP contribution >= 0.6 is 0 Å². The Hall–Kier alpha value is -3.07. The number of benzene rings is 3. The maximum absolute atomic E-state index is 12.2. The smallest absolute Gasteiger partial charge is 0.260 e. The van der Waals surface area contributed by atoms with Crippen LogP contribution in [0.4, 0.5) is 0 Å². The van der Waals surface area contributed by atoms with Crippen molar-refractivity contribution >= 4 is 5.91 Å². The fourth-order valence-electron chi connectivity index (χ4n) is 2.73. The first-order chi connectivity index (χ1) is 12.7. The monoisotopic (exact) mass is 345 g/mol. The van der Waals surface area contributed by atoms with Crippen molar-refractivity contribution < 1.29 is 9.53 Å². The van der Waals surface area contributed by atoms with Crippen LogP contribution < -0.4 is 10.1 Å². The third kappa shape index (κ3) is 4.96. The molecule has 1 atom stereocenters. The van der Waals surface area contributed by atoms with Crippen molar-refractivity contribution in [1.29, 1.82) is 0 Å². The molecule has 0 aromatic heterocycles. The molecule has 0 saturated carbocycles. The van der Waals surface area contributed by atoms with Gasteiger partial charge in [-0.3, -0.25) is 4.79 Å².